The normalized spacial score (nSPS) is 11.2. The lowest BCUT2D eigenvalue weighted by molar-refractivity contribution is 0.628. The number of hydrogen-bond acceptors (Lipinski definition) is 5. The molecule has 0 amide bonds. The average molecular weight is 365 g/mol. The van der Waals surface area contributed by atoms with Crippen LogP contribution >= 0.6 is 22.7 Å². The molecule has 3 nitrogen and oxygen atoms in total. The van der Waals surface area contributed by atoms with Crippen LogP contribution < -0.4 is 0 Å². The number of hydrogen-bond donors (Lipinski definition) is 0. The van der Waals surface area contributed by atoms with Crippen LogP contribution in [0.5, 0.6) is 0 Å². The highest BCUT2D eigenvalue weighted by Crippen LogP contribution is 2.25. The Labute approximate surface area is 152 Å². The van der Waals surface area contributed by atoms with Gasteiger partial charge in [-0.05, 0) is 48.6 Å². The highest BCUT2D eigenvalue weighted by molar-refractivity contribution is 7.13. The zero-order valence-electron chi connectivity index (χ0n) is 13.0. The molecule has 0 spiro atoms. The first-order valence-corrected chi connectivity index (χ1v) is 9.30. The van der Waals surface area contributed by atoms with E-state index in [2.05, 4.69) is 15.0 Å². The molecule has 0 aliphatic rings. The molecule has 0 saturated carbocycles. The van der Waals surface area contributed by atoms with Crippen molar-refractivity contribution >= 4 is 34.8 Å². The predicted octanol–water partition coefficient (Wildman–Crippen LogP) is 5.64. The van der Waals surface area contributed by atoms with Gasteiger partial charge in [-0.25, -0.2) is 14.4 Å². The van der Waals surface area contributed by atoms with Crippen molar-refractivity contribution < 1.29 is 4.39 Å². The summed E-state index contributed by atoms with van der Waals surface area (Å²) >= 11 is 3.11. The molecule has 0 fully saturated rings. The maximum absolute atomic E-state index is 13.0. The molecule has 0 aliphatic carbocycles. The quantitative estimate of drug-likeness (QED) is 0.470. The summed E-state index contributed by atoms with van der Waals surface area (Å²) in [7, 11) is 0. The van der Waals surface area contributed by atoms with E-state index in [1.54, 1.807) is 41.0 Å². The molecule has 4 aromatic rings. The van der Waals surface area contributed by atoms with E-state index in [4.69, 9.17) is 0 Å². The van der Waals surface area contributed by atoms with Crippen molar-refractivity contribution in [3.05, 3.63) is 75.9 Å². The minimum Gasteiger partial charge on any atom is -0.254 e. The maximum atomic E-state index is 13.0. The lowest BCUT2D eigenvalue weighted by Crippen LogP contribution is -1.81. The molecule has 0 N–H and O–H groups in total. The number of benzene rings is 1. The smallest absolute Gasteiger partial charge is 0.142 e. The molecule has 4 rings (SSSR count). The monoisotopic (exact) mass is 365 g/mol. The van der Waals surface area contributed by atoms with E-state index in [0.29, 0.717) is 0 Å². The van der Waals surface area contributed by atoms with Crippen LogP contribution in [0.4, 0.5) is 4.39 Å². The number of thiazole rings is 2. The zero-order chi connectivity index (χ0) is 17.1. The van der Waals surface area contributed by atoms with E-state index in [1.165, 1.54) is 12.1 Å². The van der Waals surface area contributed by atoms with Gasteiger partial charge >= 0.3 is 0 Å². The van der Waals surface area contributed by atoms with E-state index >= 15 is 0 Å². The summed E-state index contributed by atoms with van der Waals surface area (Å²) in [5, 5.41) is 5.74. The Morgan fingerprint density at radius 2 is 1.72 bits per heavy atom. The average Bonchev–Trinajstić information content (AvgIpc) is 3.31. The van der Waals surface area contributed by atoms with E-state index < -0.39 is 0 Å². The summed E-state index contributed by atoms with van der Waals surface area (Å²) in [4.78, 5) is 13.4. The molecule has 1 aromatic carbocycles. The van der Waals surface area contributed by atoms with Gasteiger partial charge in [0.1, 0.15) is 15.8 Å². The summed E-state index contributed by atoms with van der Waals surface area (Å²) < 4.78 is 13.0. The van der Waals surface area contributed by atoms with Gasteiger partial charge < -0.3 is 0 Å². The summed E-state index contributed by atoms with van der Waals surface area (Å²) in [6.07, 6.45) is 5.64. The van der Waals surface area contributed by atoms with Crippen LogP contribution in [0.1, 0.15) is 10.7 Å². The van der Waals surface area contributed by atoms with Crippen molar-refractivity contribution in [2.24, 2.45) is 0 Å². The van der Waals surface area contributed by atoms with Crippen LogP contribution in [0, 0.1) is 5.82 Å². The zero-order valence-corrected chi connectivity index (χ0v) is 14.6. The summed E-state index contributed by atoms with van der Waals surface area (Å²) in [6, 6.07) is 12.1. The Morgan fingerprint density at radius 3 is 2.52 bits per heavy atom. The fourth-order valence-electron chi connectivity index (χ4n) is 2.24. The fraction of sp³-hybridized carbons (Fsp3) is 0. The molecule has 0 aliphatic heterocycles. The first kappa shape index (κ1) is 15.8. The second-order valence-corrected chi connectivity index (χ2v) is 6.95. The van der Waals surface area contributed by atoms with Crippen LogP contribution in [0.25, 0.3) is 34.1 Å². The summed E-state index contributed by atoms with van der Waals surface area (Å²) in [6.45, 7) is 0. The highest BCUT2D eigenvalue weighted by Gasteiger charge is 2.05. The van der Waals surface area contributed by atoms with E-state index in [1.807, 2.05) is 41.1 Å². The molecular formula is C19H12FN3S2. The Kier molecular flexibility index (Phi) is 4.45. The number of nitrogens with zero attached hydrogens (tertiary/aromatic N) is 3. The molecule has 3 aromatic heterocycles. The largest absolute Gasteiger partial charge is 0.254 e. The van der Waals surface area contributed by atoms with Gasteiger partial charge in [-0.3, -0.25) is 4.98 Å². The number of rotatable bonds is 4. The topological polar surface area (TPSA) is 38.7 Å². The molecule has 122 valence electrons. The number of aromatic nitrogens is 3. The molecule has 0 atom stereocenters. The Morgan fingerprint density at radius 1 is 0.840 bits per heavy atom. The molecule has 3 heterocycles. The lowest BCUT2D eigenvalue weighted by atomic mass is 10.2. The standard InChI is InChI=1S/C19H12FN3S2/c20-14-6-4-13(5-7-14)17-12-24-18(23-17)9-8-15-11-25-19(22-15)16-3-1-2-10-21-16/h1-12H. The van der Waals surface area contributed by atoms with Crippen molar-refractivity contribution in [1.82, 2.24) is 15.0 Å². The van der Waals surface area contributed by atoms with Gasteiger partial charge in [0.15, 0.2) is 0 Å². The summed E-state index contributed by atoms with van der Waals surface area (Å²) in [5.41, 5.74) is 3.50. The third-order valence-corrected chi connectivity index (χ3v) is 5.16. The fourth-order valence-corrected chi connectivity index (χ4v) is 3.73. The first-order valence-electron chi connectivity index (χ1n) is 7.54. The number of halogens is 1. The SMILES string of the molecule is Fc1ccc(-c2csc(C=Cc3csc(-c4ccccn4)n3)n2)cc1. The van der Waals surface area contributed by atoms with E-state index in [0.717, 1.165) is 32.7 Å². The Hall–Kier alpha value is -2.70. The molecule has 6 heteroatoms. The van der Waals surface area contributed by atoms with Gasteiger partial charge in [0, 0.05) is 22.5 Å². The molecule has 0 unspecified atom stereocenters. The van der Waals surface area contributed by atoms with Gasteiger partial charge in [-0.1, -0.05) is 6.07 Å². The maximum Gasteiger partial charge on any atom is 0.142 e. The molecule has 0 bridgehead atoms. The second-order valence-electron chi connectivity index (χ2n) is 5.20. The van der Waals surface area contributed by atoms with Crippen molar-refractivity contribution in [3.8, 4) is 22.0 Å². The van der Waals surface area contributed by atoms with Crippen LogP contribution in [-0.4, -0.2) is 15.0 Å². The van der Waals surface area contributed by atoms with Gasteiger partial charge in [-0.15, -0.1) is 22.7 Å². The highest BCUT2D eigenvalue weighted by atomic mass is 32.1. The Bertz CT molecular complexity index is 1000. The van der Waals surface area contributed by atoms with E-state index in [9.17, 15) is 4.39 Å². The van der Waals surface area contributed by atoms with Crippen LogP contribution in [0.3, 0.4) is 0 Å². The first-order chi connectivity index (χ1) is 12.3. The molecule has 0 saturated heterocycles. The second kappa shape index (κ2) is 7.04. The summed E-state index contributed by atoms with van der Waals surface area (Å²) in [5.74, 6) is -0.244. The molecule has 0 radical (unpaired) electrons. The third-order valence-electron chi connectivity index (χ3n) is 3.46. The number of pyridine rings is 1. The third kappa shape index (κ3) is 3.70. The predicted molar refractivity (Wildman–Crippen MR) is 102 cm³/mol. The van der Waals surface area contributed by atoms with Gasteiger partial charge in [0.2, 0.25) is 0 Å². The minimum atomic E-state index is -0.244. The minimum absolute atomic E-state index is 0.244. The molecular weight excluding hydrogens is 353 g/mol. The van der Waals surface area contributed by atoms with Crippen molar-refractivity contribution in [1.29, 1.82) is 0 Å². The van der Waals surface area contributed by atoms with Crippen LogP contribution in [0.2, 0.25) is 0 Å². The van der Waals surface area contributed by atoms with Gasteiger partial charge in [0.25, 0.3) is 0 Å². The van der Waals surface area contributed by atoms with Crippen LogP contribution in [-0.2, 0) is 0 Å². The van der Waals surface area contributed by atoms with Gasteiger partial charge in [0.05, 0.1) is 17.1 Å². The van der Waals surface area contributed by atoms with E-state index in [-0.39, 0.29) is 5.82 Å². The van der Waals surface area contributed by atoms with Gasteiger partial charge in [-0.2, -0.15) is 0 Å². The lowest BCUT2D eigenvalue weighted by Gasteiger charge is -1.94. The Balaban J connectivity index is 1.51. The van der Waals surface area contributed by atoms with Crippen LogP contribution in [0.15, 0.2) is 59.4 Å². The van der Waals surface area contributed by atoms with Crippen molar-refractivity contribution in [3.63, 3.8) is 0 Å². The van der Waals surface area contributed by atoms with Crippen molar-refractivity contribution in [2.45, 2.75) is 0 Å². The molecule has 25 heavy (non-hydrogen) atoms. The van der Waals surface area contributed by atoms with Crippen molar-refractivity contribution in [2.75, 3.05) is 0 Å².